The van der Waals surface area contributed by atoms with Crippen molar-refractivity contribution in [3.63, 3.8) is 0 Å². The number of halogens is 2. The van der Waals surface area contributed by atoms with E-state index in [1.165, 1.54) is 38.3 Å². The molecule has 1 aromatic rings. The molecule has 4 nitrogen and oxygen atoms in total. The maximum absolute atomic E-state index is 14.0. The van der Waals surface area contributed by atoms with Crippen molar-refractivity contribution in [2.75, 3.05) is 32.7 Å². The van der Waals surface area contributed by atoms with Crippen LogP contribution in [-0.4, -0.2) is 54.5 Å². The summed E-state index contributed by atoms with van der Waals surface area (Å²) < 4.78 is 14.0. The van der Waals surface area contributed by atoms with Gasteiger partial charge in [0.05, 0.1) is 0 Å². The monoisotopic (exact) mass is 423 g/mol. The van der Waals surface area contributed by atoms with Gasteiger partial charge in [0.25, 0.3) is 0 Å². The number of rotatable bonds is 8. The summed E-state index contributed by atoms with van der Waals surface area (Å²) in [6.07, 6.45) is 7.91. The number of piperidine rings is 2. The highest BCUT2D eigenvalue weighted by Gasteiger charge is 2.25. The number of carbonyl (C=O) groups is 1. The number of nitrogens with zero attached hydrogens (tertiary/aromatic N) is 2. The van der Waals surface area contributed by atoms with Crippen LogP contribution in [0.2, 0.25) is 5.02 Å². The highest BCUT2D eigenvalue weighted by Crippen LogP contribution is 2.22. The molecule has 29 heavy (non-hydrogen) atoms. The number of amides is 1. The molecule has 0 saturated carbocycles. The minimum Gasteiger partial charge on any atom is -0.356 e. The van der Waals surface area contributed by atoms with Crippen molar-refractivity contribution in [2.24, 2.45) is 5.92 Å². The predicted octanol–water partition coefficient (Wildman–Crippen LogP) is 4.46. The van der Waals surface area contributed by atoms with Crippen LogP contribution in [0.4, 0.5) is 4.39 Å². The van der Waals surface area contributed by atoms with E-state index in [2.05, 4.69) is 22.0 Å². The Hall–Kier alpha value is -1.17. The fraction of sp³-hybridized carbons (Fsp3) is 0.696. The van der Waals surface area contributed by atoms with Gasteiger partial charge >= 0.3 is 0 Å². The Bertz CT molecular complexity index is 664. The standard InChI is InChI=1S/C23H35ClFN3O/c1-2-21-6-3-4-12-28(21)13-5-11-26-23(29)18-9-14-27(15-10-18)17-19-7-8-20(24)16-22(19)25/h7-8,16,18,21H,2-6,9-15,17H2,1H3,(H,26,29). The molecule has 2 aliphatic rings. The Morgan fingerprint density at radius 3 is 2.72 bits per heavy atom. The van der Waals surface area contributed by atoms with Gasteiger partial charge in [0, 0.05) is 42.2 Å². The molecule has 0 aliphatic carbocycles. The smallest absolute Gasteiger partial charge is 0.223 e. The maximum Gasteiger partial charge on any atom is 0.223 e. The number of hydrogen-bond acceptors (Lipinski definition) is 3. The summed E-state index contributed by atoms with van der Waals surface area (Å²) in [6, 6.07) is 5.58. The van der Waals surface area contributed by atoms with Crippen molar-refractivity contribution in [1.29, 1.82) is 0 Å². The molecule has 0 radical (unpaired) electrons. The SMILES string of the molecule is CCC1CCCCN1CCCNC(=O)C1CCN(Cc2ccc(Cl)cc2F)CC1. The third-order valence-electron chi connectivity index (χ3n) is 6.51. The van der Waals surface area contributed by atoms with Crippen molar-refractivity contribution >= 4 is 17.5 Å². The Morgan fingerprint density at radius 2 is 2.00 bits per heavy atom. The first-order valence-corrected chi connectivity index (χ1v) is 11.6. The van der Waals surface area contributed by atoms with Gasteiger partial charge in [-0.3, -0.25) is 9.69 Å². The van der Waals surface area contributed by atoms with Crippen LogP contribution in [0.15, 0.2) is 18.2 Å². The summed E-state index contributed by atoms with van der Waals surface area (Å²) in [5.41, 5.74) is 0.667. The first kappa shape index (κ1) is 22.5. The normalized spacial score (nSPS) is 22.0. The molecule has 162 valence electrons. The van der Waals surface area contributed by atoms with Gasteiger partial charge in [-0.15, -0.1) is 0 Å². The zero-order chi connectivity index (χ0) is 20.6. The van der Waals surface area contributed by atoms with Crippen molar-refractivity contribution in [3.8, 4) is 0 Å². The van der Waals surface area contributed by atoms with Crippen LogP contribution >= 0.6 is 11.6 Å². The van der Waals surface area contributed by atoms with E-state index >= 15 is 0 Å². The average Bonchev–Trinajstić information content (AvgIpc) is 2.74. The molecule has 1 unspecified atom stereocenters. The molecule has 1 N–H and O–H groups in total. The lowest BCUT2D eigenvalue weighted by atomic mass is 9.95. The van der Waals surface area contributed by atoms with Gasteiger partial charge in [0.1, 0.15) is 5.82 Å². The first-order valence-electron chi connectivity index (χ1n) is 11.2. The van der Waals surface area contributed by atoms with Crippen molar-refractivity contribution in [1.82, 2.24) is 15.1 Å². The van der Waals surface area contributed by atoms with Gasteiger partial charge < -0.3 is 10.2 Å². The van der Waals surface area contributed by atoms with E-state index in [0.29, 0.717) is 17.1 Å². The third kappa shape index (κ3) is 6.66. The molecule has 0 bridgehead atoms. The van der Waals surface area contributed by atoms with Crippen LogP contribution in [0.25, 0.3) is 0 Å². The topological polar surface area (TPSA) is 35.6 Å². The summed E-state index contributed by atoms with van der Waals surface area (Å²) in [4.78, 5) is 17.3. The molecule has 1 atom stereocenters. The van der Waals surface area contributed by atoms with E-state index in [1.54, 1.807) is 12.1 Å². The fourth-order valence-electron chi connectivity index (χ4n) is 4.70. The Labute approximate surface area is 179 Å². The van der Waals surface area contributed by atoms with Gasteiger partial charge in [0.2, 0.25) is 5.91 Å². The average molecular weight is 424 g/mol. The summed E-state index contributed by atoms with van der Waals surface area (Å²) in [7, 11) is 0. The van der Waals surface area contributed by atoms with Crippen LogP contribution in [0.3, 0.4) is 0 Å². The van der Waals surface area contributed by atoms with Gasteiger partial charge in [-0.05, 0) is 70.3 Å². The molecular weight excluding hydrogens is 389 g/mol. The van der Waals surface area contributed by atoms with Crippen LogP contribution in [0.1, 0.15) is 57.4 Å². The zero-order valence-electron chi connectivity index (χ0n) is 17.6. The second-order valence-corrected chi connectivity index (χ2v) is 8.96. The molecule has 3 rings (SSSR count). The van der Waals surface area contributed by atoms with E-state index < -0.39 is 0 Å². The number of carbonyl (C=O) groups excluding carboxylic acids is 1. The van der Waals surface area contributed by atoms with E-state index in [-0.39, 0.29) is 17.6 Å². The molecule has 0 aromatic heterocycles. The molecule has 6 heteroatoms. The Balaban J connectivity index is 1.33. The number of nitrogens with one attached hydrogen (secondary N) is 1. The van der Waals surface area contributed by atoms with Gasteiger partial charge in [0.15, 0.2) is 0 Å². The number of likely N-dealkylation sites (tertiary alicyclic amines) is 2. The second-order valence-electron chi connectivity index (χ2n) is 8.52. The fourth-order valence-corrected chi connectivity index (χ4v) is 4.86. The molecule has 2 saturated heterocycles. The third-order valence-corrected chi connectivity index (χ3v) is 6.74. The maximum atomic E-state index is 14.0. The second kappa shape index (κ2) is 11.3. The van der Waals surface area contributed by atoms with E-state index in [0.717, 1.165) is 51.5 Å². The summed E-state index contributed by atoms with van der Waals surface area (Å²) >= 11 is 5.82. The van der Waals surface area contributed by atoms with Gasteiger partial charge in [-0.2, -0.15) is 0 Å². The summed E-state index contributed by atoms with van der Waals surface area (Å²) in [5, 5.41) is 3.57. The van der Waals surface area contributed by atoms with Crippen molar-refractivity contribution in [2.45, 2.75) is 64.5 Å². The highest BCUT2D eigenvalue weighted by molar-refractivity contribution is 6.30. The summed E-state index contributed by atoms with van der Waals surface area (Å²) in [5.74, 6) is 0.0177. The van der Waals surface area contributed by atoms with Crippen molar-refractivity contribution < 1.29 is 9.18 Å². The number of benzene rings is 1. The predicted molar refractivity (Wildman–Crippen MR) is 117 cm³/mol. The zero-order valence-corrected chi connectivity index (χ0v) is 18.4. The minimum absolute atomic E-state index is 0.0830. The molecule has 0 spiro atoms. The molecule has 2 fully saturated rings. The van der Waals surface area contributed by atoms with Gasteiger partial charge in [-0.1, -0.05) is 31.0 Å². The lowest BCUT2D eigenvalue weighted by Crippen LogP contribution is -2.42. The molecule has 1 aromatic carbocycles. The first-order chi connectivity index (χ1) is 14.1. The van der Waals surface area contributed by atoms with Gasteiger partial charge in [-0.25, -0.2) is 4.39 Å². The van der Waals surface area contributed by atoms with Crippen LogP contribution in [0, 0.1) is 11.7 Å². The van der Waals surface area contributed by atoms with E-state index in [9.17, 15) is 9.18 Å². The van der Waals surface area contributed by atoms with Crippen LogP contribution < -0.4 is 5.32 Å². The summed E-state index contributed by atoms with van der Waals surface area (Å²) in [6.45, 7) is 7.56. The quantitative estimate of drug-likeness (QED) is 0.627. The lowest BCUT2D eigenvalue weighted by molar-refractivity contribution is -0.126. The Morgan fingerprint density at radius 1 is 1.21 bits per heavy atom. The van der Waals surface area contributed by atoms with E-state index in [1.807, 2.05) is 0 Å². The molecular formula is C23H35ClFN3O. The number of hydrogen-bond donors (Lipinski definition) is 1. The Kier molecular flexibility index (Phi) is 8.76. The highest BCUT2D eigenvalue weighted by atomic mass is 35.5. The lowest BCUT2D eigenvalue weighted by Gasteiger charge is -2.35. The largest absolute Gasteiger partial charge is 0.356 e. The molecule has 2 heterocycles. The van der Waals surface area contributed by atoms with Crippen LogP contribution in [-0.2, 0) is 11.3 Å². The minimum atomic E-state index is -0.253. The van der Waals surface area contributed by atoms with E-state index in [4.69, 9.17) is 11.6 Å². The molecule has 2 aliphatic heterocycles. The van der Waals surface area contributed by atoms with Crippen LogP contribution in [0.5, 0.6) is 0 Å². The van der Waals surface area contributed by atoms with Crippen molar-refractivity contribution in [3.05, 3.63) is 34.6 Å². The molecule has 1 amide bonds.